The number of rotatable bonds is 9. The third kappa shape index (κ3) is 5.47. The summed E-state index contributed by atoms with van der Waals surface area (Å²) in [6, 6.07) is 20.9. The Hall–Kier alpha value is -4.43. The van der Waals surface area contributed by atoms with Gasteiger partial charge in [0.25, 0.3) is 0 Å². The second-order valence-corrected chi connectivity index (χ2v) is 10.9. The minimum absolute atomic E-state index is 0.0672. The Morgan fingerprint density at radius 3 is 2.51 bits per heavy atom. The van der Waals surface area contributed by atoms with Gasteiger partial charge in [-0.15, -0.1) is 0 Å². The molecule has 1 amide bonds. The van der Waals surface area contributed by atoms with Gasteiger partial charge in [0, 0.05) is 24.2 Å². The fraction of sp³-hybridized carbons (Fsp3) is 0.303. The molecule has 1 aromatic heterocycles. The molecule has 0 spiro atoms. The highest BCUT2D eigenvalue weighted by molar-refractivity contribution is 5.94. The van der Waals surface area contributed by atoms with E-state index in [1.165, 1.54) is 0 Å². The first-order valence-corrected chi connectivity index (χ1v) is 14.2. The molecule has 3 aliphatic heterocycles. The molecule has 0 unspecified atom stereocenters. The first kappa shape index (κ1) is 26.8. The Labute approximate surface area is 238 Å². The summed E-state index contributed by atoms with van der Waals surface area (Å²) in [7, 11) is 0. The Kier molecular flexibility index (Phi) is 7.57. The van der Waals surface area contributed by atoms with E-state index in [1.807, 2.05) is 54.6 Å². The maximum Gasteiger partial charge on any atom is 0.419 e. The monoisotopic (exact) mass is 551 g/mol. The zero-order valence-electron chi connectivity index (χ0n) is 22.8. The largest absolute Gasteiger partial charge is 0.465 e. The molecule has 3 fully saturated rings. The topological polar surface area (TPSA) is 96.0 Å². The van der Waals surface area contributed by atoms with Crippen molar-refractivity contribution in [3.63, 3.8) is 0 Å². The van der Waals surface area contributed by atoms with Gasteiger partial charge in [0.2, 0.25) is 0 Å². The normalized spacial score (nSPS) is 20.0. The molecule has 4 heterocycles. The number of aldehydes is 1. The van der Waals surface area contributed by atoms with E-state index in [2.05, 4.69) is 11.0 Å². The molecule has 0 saturated carbocycles. The molecule has 1 atom stereocenters. The maximum absolute atomic E-state index is 12.8. The smallest absolute Gasteiger partial charge is 0.419 e. The lowest BCUT2D eigenvalue weighted by molar-refractivity contribution is 0.0838. The molecule has 2 bridgehead atoms. The zero-order chi connectivity index (χ0) is 28.3. The highest BCUT2D eigenvalue weighted by atomic mass is 16.4. The predicted octanol–water partition coefficient (Wildman–Crippen LogP) is 6.15. The number of aryl methyl sites for hydroxylation is 1. The average molecular weight is 552 g/mol. The van der Waals surface area contributed by atoms with Gasteiger partial charge in [-0.2, -0.15) is 0 Å². The lowest BCUT2D eigenvalue weighted by Gasteiger charge is -2.48. The lowest BCUT2D eigenvalue weighted by atomic mass is 9.82. The third-order valence-electron chi connectivity index (χ3n) is 8.42. The molecule has 3 aliphatic rings. The summed E-state index contributed by atoms with van der Waals surface area (Å²) in [5.41, 5.74) is 5.10. The number of hydrogen-bond donors (Lipinski definition) is 1. The number of hydrogen-bond acceptors (Lipinski definition) is 5. The molecular formula is C33H33N3O5. The second-order valence-electron chi connectivity index (χ2n) is 10.9. The fourth-order valence-electron chi connectivity index (χ4n) is 6.32. The highest BCUT2D eigenvalue weighted by Gasteiger charge is 2.40. The van der Waals surface area contributed by atoms with Gasteiger partial charge in [0.15, 0.2) is 5.58 Å². The summed E-state index contributed by atoms with van der Waals surface area (Å²) in [5, 5.41) is 10.5. The number of amides is 1. The first-order chi connectivity index (χ1) is 20.0. The van der Waals surface area contributed by atoms with E-state index in [0.29, 0.717) is 29.1 Å². The van der Waals surface area contributed by atoms with Crippen LogP contribution in [0.1, 0.15) is 41.6 Å². The number of carbonyl (C=O) groups excluding carboxylic acids is 1. The van der Waals surface area contributed by atoms with Crippen LogP contribution < -0.4 is 10.7 Å². The quantitative estimate of drug-likeness (QED) is 0.198. The first-order valence-electron chi connectivity index (χ1n) is 14.2. The molecule has 0 aliphatic carbocycles. The molecule has 1 N–H and O–H groups in total. The average Bonchev–Trinajstić information content (AvgIpc) is 3.32. The SMILES string of the molecule is O=Cc1ccc2c(c1)oc(=O)n2CCC/C=C/c1ccc(-c2ccccc2)c(N(C(=O)O)[C@H]2CN3CCC2CC3)c1. The molecule has 8 heteroatoms. The third-order valence-corrected chi connectivity index (χ3v) is 8.42. The van der Waals surface area contributed by atoms with Gasteiger partial charge < -0.3 is 14.4 Å². The van der Waals surface area contributed by atoms with Crippen molar-refractivity contribution in [2.75, 3.05) is 24.5 Å². The molecule has 7 rings (SSSR count). The van der Waals surface area contributed by atoms with Crippen molar-refractivity contribution in [2.24, 2.45) is 5.92 Å². The van der Waals surface area contributed by atoms with Gasteiger partial charge in [-0.05, 0) is 80.1 Å². The van der Waals surface area contributed by atoms with E-state index in [-0.39, 0.29) is 6.04 Å². The number of carbonyl (C=O) groups is 2. The molecule has 41 heavy (non-hydrogen) atoms. The Bertz CT molecular complexity index is 1650. The van der Waals surface area contributed by atoms with Crippen LogP contribution in [0.25, 0.3) is 28.3 Å². The van der Waals surface area contributed by atoms with Crippen LogP contribution in [-0.2, 0) is 6.54 Å². The number of unbranched alkanes of at least 4 members (excludes halogenated alkanes) is 1. The molecule has 3 aromatic carbocycles. The van der Waals surface area contributed by atoms with Crippen molar-refractivity contribution in [1.29, 1.82) is 0 Å². The van der Waals surface area contributed by atoms with Gasteiger partial charge in [-0.3, -0.25) is 14.3 Å². The minimum Gasteiger partial charge on any atom is -0.465 e. The van der Waals surface area contributed by atoms with Crippen molar-refractivity contribution in [2.45, 2.75) is 38.3 Å². The second kappa shape index (κ2) is 11.6. The van der Waals surface area contributed by atoms with Crippen molar-refractivity contribution >= 4 is 35.2 Å². The van der Waals surface area contributed by atoms with Crippen molar-refractivity contribution in [3.8, 4) is 11.1 Å². The number of carboxylic acid groups (broad SMARTS) is 1. The summed E-state index contributed by atoms with van der Waals surface area (Å²) in [6.45, 7) is 3.35. The van der Waals surface area contributed by atoms with E-state index < -0.39 is 11.8 Å². The summed E-state index contributed by atoms with van der Waals surface area (Å²) in [4.78, 5) is 40.1. The lowest BCUT2D eigenvalue weighted by Crippen LogP contribution is -2.59. The van der Waals surface area contributed by atoms with Gasteiger partial charge in [-0.1, -0.05) is 54.6 Å². The highest BCUT2D eigenvalue weighted by Crippen LogP contribution is 2.39. The maximum atomic E-state index is 12.8. The van der Waals surface area contributed by atoms with Crippen molar-refractivity contribution in [3.05, 3.63) is 94.5 Å². The van der Waals surface area contributed by atoms with Crippen LogP contribution in [0.5, 0.6) is 0 Å². The van der Waals surface area contributed by atoms with Gasteiger partial charge in [-0.25, -0.2) is 9.59 Å². The Morgan fingerprint density at radius 2 is 1.80 bits per heavy atom. The van der Waals surface area contributed by atoms with Gasteiger partial charge >= 0.3 is 11.8 Å². The standard InChI is InChI=1S/C33H33N3O5/c37-22-24-11-13-28-31(20-24)41-33(40)35(28)16-6-2-3-7-23-10-12-27(25-8-4-1-5-9-25)29(19-23)36(32(38)39)30-21-34-17-14-26(30)15-18-34/h1,3-5,7-13,19-20,22,26,30H,2,6,14-18,21H2,(H,38,39)/b7-3+/t30-/m0/s1. The van der Waals surface area contributed by atoms with Gasteiger partial charge in [0.1, 0.15) is 6.29 Å². The van der Waals surface area contributed by atoms with E-state index in [1.54, 1.807) is 27.7 Å². The number of piperidine rings is 3. The summed E-state index contributed by atoms with van der Waals surface area (Å²) in [5.74, 6) is -0.0685. The zero-order valence-corrected chi connectivity index (χ0v) is 22.8. The van der Waals surface area contributed by atoms with Crippen LogP contribution in [0, 0.1) is 5.92 Å². The van der Waals surface area contributed by atoms with Crippen molar-refractivity contribution < 1.29 is 19.1 Å². The number of allylic oxidation sites excluding steroid dienone is 1. The number of nitrogens with zero attached hydrogens (tertiary/aromatic N) is 3. The number of aromatic nitrogens is 1. The number of oxazole rings is 1. The number of anilines is 1. The van der Waals surface area contributed by atoms with Crippen LogP contribution in [0.2, 0.25) is 0 Å². The van der Waals surface area contributed by atoms with Crippen LogP contribution in [0.3, 0.4) is 0 Å². The molecule has 0 radical (unpaired) electrons. The summed E-state index contributed by atoms with van der Waals surface area (Å²) in [6.07, 6.45) is 7.39. The van der Waals surface area contributed by atoms with Crippen LogP contribution in [-0.4, -0.2) is 52.6 Å². The Balaban J connectivity index is 1.23. The van der Waals surface area contributed by atoms with E-state index in [9.17, 15) is 19.5 Å². The van der Waals surface area contributed by atoms with Crippen LogP contribution in [0.4, 0.5) is 10.5 Å². The molecule has 8 nitrogen and oxygen atoms in total. The van der Waals surface area contributed by atoms with E-state index in [4.69, 9.17) is 4.42 Å². The predicted molar refractivity (Wildman–Crippen MR) is 159 cm³/mol. The van der Waals surface area contributed by atoms with Gasteiger partial charge in [0.05, 0.1) is 17.2 Å². The van der Waals surface area contributed by atoms with E-state index in [0.717, 1.165) is 74.0 Å². The fourth-order valence-corrected chi connectivity index (χ4v) is 6.32. The van der Waals surface area contributed by atoms with Crippen LogP contribution >= 0.6 is 0 Å². The number of fused-ring (bicyclic) bond motifs is 4. The molecule has 4 aromatic rings. The minimum atomic E-state index is -0.917. The van der Waals surface area contributed by atoms with Crippen molar-refractivity contribution in [1.82, 2.24) is 9.47 Å². The molecular weight excluding hydrogens is 518 g/mol. The van der Waals surface area contributed by atoms with E-state index >= 15 is 0 Å². The summed E-state index contributed by atoms with van der Waals surface area (Å²) < 4.78 is 6.90. The molecule has 210 valence electrons. The van der Waals surface area contributed by atoms with Crippen LogP contribution in [0.15, 0.2) is 82.0 Å². The summed E-state index contributed by atoms with van der Waals surface area (Å²) >= 11 is 0. The molecule has 3 saturated heterocycles. The number of benzene rings is 3. The Morgan fingerprint density at radius 1 is 1.02 bits per heavy atom.